The molecule has 1 saturated heterocycles. The third kappa shape index (κ3) is 2.54. The molecule has 1 atom stereocenters. The zero-order valence-corrected chi connectivity index (χ0v) is 12.1. The number of nitrogens with one attached hydrogen (secondary N) is 1. The van der Waals surface area contributed by atoms with Crippen LogP contribution in [0.25, 0.3) is 0 Å². The van der Waals surface area contributed by atoms with E-state index in [2.05, 4.69) is 5.32 Å². The van der Waals surface area contributed by atoms with E-state index in [0.29, 0.717) is 13.2 Å². The highest BCUT2D eigenvalue weighted by Gasteiger charge is 2.48. The lowest BCUT2D eigenvalue weighted by molar-refractivity contribution is -0.131. The van der Waals surface area contributed by atoms with E-state index in [9.17, 15) is 9.59 Å². The van der Waals surface area contributed by atoms with Crippen molar-refractivity contribution in [1.29, 1.82) is 0 Å². The normalized spacial score (nSPS) is 22.2. The monoisotopic (exact) mass is 276 g/mol. The van der Waals surface area contributed by atoms with Crippen molar-refractivity contribution in [2.75, 3.05) is 19.8 Å². The molecule has 1 fully saturated rings. The summed E-state index contributed by atoms with van der Waals surface area (Å²) in [4.78, 5) is 25.7. The summed E-state index contributed by atoms with van der Waals surface area (Å²) in [5.74, 6) is -0.231. The van der Waals surface area contributed by atoms with Gasteiger partial charge < -0.3 is 10.1 Å². The zero-order valence-electron chi connectivity index (χ0n) is 12.1. The maximum Gasteiger partial charge on any atom is 0.325 e. The van der Waals surface area contributed by atoms with Crippen LogP contribution in [0.15, 0.2) is 24.3 Å². The van der Waals surface area contributed by atoms with Crippen LogP contribution in [0.5, 0.6) is 0 Å². The summed E-state index contributed by atoms with van der Waals surface area (Å²) in [6.45, 7) is 6.80. The van der Waals surface area contributed by atoms with Crippen LogP contribution < -0.4 is 5.32 Å². The Morgan fingerprint density at radius 1 is 1.25 bits per heavy atom. The minimum atomic E-state index is -0.989. The number of benzene rings is 1. The number of carbonyl (C=O) groups is 2. The van der Waals surface area contributed by atoms with Gasteiger partial charge in [-0.2, -0.15) is 0 Å². The summed E-state index contributed by atoms with van der Waals surface area (Å²) in [6, 6.07) is 7.25. The number of amides is 3. The molecule has 5 nitrogen and oxygen atoms in total. The van der Waals surface area contributed by atoms with Crippen molar-refractivity contribution in [3.05, 3.63) is 35.4 Å². The van der Waals surface area contributed by atoms with Gasteiger partial charge in [-0.3, -0.25) is 9.69 Å². The third-order valence-electron chi connectivity index (χ3n) is 3.57. The largest absolute Gasteiger partial charge is 0.380 e. The maximum absolute atomic E-state index is 12.5. The lowest BCUT2D eigenvalue weighted by atomic mass is 9.91. The molecule has 2 rings (SSSR count). The standard InChI is InChI=1S/C15H20N2O3/c1-4-20-10-9-17-13(18)15(3,16-14(17)19)12-7-5-11(2)6-8-12/h5-8H,4,9-10H2,1-3H3,(H,16,19)/t15-/m1/s1. The Labute approximate surface area is 118 Å². The number of hydrogen-bond acceptors (Lipinski definition) is 3. The Kier molecular flexibility index (Phi) is 4.09. The first kappa shape index (κ1) is 14.5. The van der Waals surface area contributed by atoms with Gasteiger partial charge in [0.2, 0.25) is 0 Å². The summed E-state index contributed by atoms with van der Waals surface area (Å²) in [7, 11) is 0. The number of nitrogens with zero attached hydrogens (tertiary/aromatic N) is 1. The second-order valence-corrected chi connectivity index (χ2v) is 5.07. The number of carbonyl (C=O) groups excluding carboxylic acids is 2. The lowest BCUT2D eigenvalue weighted by Gasteiger charge is -2.22. The Morgan fingerprint density at radius 3 is 2.50 bits per heavy atom. The van der Waals surface area contributed by atoms with Crippen molar-refractivity contribution in [3.8, 4) is 0 Å². The van der Waals surface area contributed by atoms with Crippen LogP contribution in [0.1, 0.15) is 25.0 Å². The fourth-order valence-electron chi connectivity index (χ4n) is 2.28. The van der Waals surface area contributed by atoms with Gasteiger partial charge in [0.1, 0.15) is 5.54 Å². The summed E-state index contributed by atoms with van der Waals surface area (Å²) in [5.41, 5.74) is 0.916. The van der Waals surface area contributed by atoms with E-state index in [4.69, 9.17) is 4.74 Å². The van der Waals surface area contributed by atoms with Crippen LogP contribution >= 0.6 is 0 Å². The average Bonchev–Trinajstić information content (AvgIpc) is 2.64. The molecule has 1 aromatic carbocycles. The Hall–Kier alpha value is -1.88. The average molecular weight is 276 g/mol. The van der Waals surface area contributed by atoms with Crippen LogP contribution in [0.3, 0.4) is 0 Å². The fourth-order valence-corrected chi connectivity index (χ4v) is 2.28. The number of imide groups is 1. The topological polar surface area (TPSA) is 58.6 Å². The van der Waals surface area contributed by atoms with E-state index >= 15 is 0 Å². The molecule has 1 aliphatic rings. The lowest BCUT2D eigenvalue weighted by Crippen LogP contribution is -2.41. The molecule has 1 aliphatic heterocycles. The van der Waals surface area contributed by atoms with E-state index in [0.717, 1.165) is 11.1 Å². The van der Waals surface area contributed by atoms with Gasteiger partial charge in [0.15, 0.2) is 0 Å². The Morgan fingerprint density at radius 2 is 1.90 bits per heavy atom. The van der Waals surface area contributed by atoms with Crippen LogP contribution in [-0.2, 0) is 15.1 Å². The van der Waals surface area contributed by atoms with Crippen molar-refractivity contribution in [1.82, 2.24) is 10.2 Å². The van der Waals surface area contributed by atoms with Gasteiger partial charge in [-0.25, -0.2) is 4.79 Å². The highest BCUT2D eigenvalue weighted by molar-refractivity contribution is 6.07. The minimum Gasteiger partial charge on any atom is -0.380 e. The van der Waals surface area contributed by atoms with Gasteiger partial charge >= 0.3 is 6.03 Å². The highest BCUT2D eigenvalue weighted by atomic mass is 16.5. The Balaban J connectivity index is 2.19. The van der Waals surface area contributed by atoms with Gasteiger partial charge in [0.25, 0.3) is 5.91 Å². The van der Waals surface area contributed by atoms with Crippen molar-refractivity contribution in [3.63, 3.8) is 0 Å². The molecular weight excluding hydrogens is 256 g/mol. The van der Waals surface area contributed by atoms with Gasteiger partial charge in [-0.15, -0.1) is 0 Å². The van der Waals surface area contributed by atoms with E-state index in [-0.39, 0.29) is 18.5 Å². The molecule has 3 amide bonds. The molecule has 1 aromatic rings. The summed E-state index contributed by atoms with van der Waals surface area (Å²) in [6.07, 6.45) is 0. The maximum atomic E-state index is 12.5. The second-order valence-electron chi connectivity index (χ2n) is 5.07. The summed E-state index contributed by atoms with van der Waals surface area (Å²) < 4.78 is 5.21. The van der Waals surface area contributed by atoms with Gasteiger partial charge in [0.05, 0.1) is 13.2 Å². The molecule has 0 aliphatic carbocycles. The molecule has 0 aromatic heterocycles. The fraction of sp³-hybridized carbons (Fsp3) is 0.467. The quantitative estimate of drug-likeness (QED) is 0.659. The molecule has 1 N–H and O–H groups in total. The third-order valence-corrected chi connectivity index (χ3v) is 3.57. The van der Waals surface area contributed by atoms with Crippen molar-refractivity contribution < 1.29 is 14.3 Å². The van der Waals surface area contributed by atoms with E-state index in [1.807, 2.05) is 38.1 Å². The number of ether oxygens (including phenoxy) is 1. The molecule has 0 bridgehead atoms. The molecule has 108 valence electrons. The smallest absolute Gasteiger partial charge is 0.325 e. The predicted molar refractivity (Wildman–Crippen MR) is 75.3 cm³/mol. The van der Waals surface area contributed by atoms with E-state index < -0.39 is 5.54 Å². The first-order chi connectivity index (χ1) is 9.49. The van der Waals surface area contributed by atoms with Gasteiger partial charge in [-0.1, -0.05) is 29.8 Å². The SMILES string of the molecule is CCOCCN1C(=O)N[C@](C)(c2ccc(C)cc2)C1=O. The van der Waals surface area contributed by atoms with E-state index in [1.165, 1.54) is 4.90 Å². The van der Waals surface area contributed by atoms with Crippen LogP contribution in [0, 0.1) is 6.92 Å². The minimum absolute atomic E-state index is 0.231. The molecule has 0 radical (unpaired) electrons. The molecule has 1 heterocycles. The first-order valence-electron chi connectivity index (χ1n) is 6.78. The molecular formula is C15H20N2O3. The van der Waals surface area contributed by atoms with Gasteiger partial charge in [0, 0.05) is 6.61 Å². The van der Waals surface area contributed by atoms with E-state index in [1.54, 1.807) is 6.92 Å². The van der Waals surface area contributed by atoms with Crippen molar-refractivity contribution in [2.45, 2.75) is 26.3 Å². The molecule has 0 unspecified atom stereocenters. The van der Waals surface area contributed by atoms with Crippen molar-refractivity contribution >= 4 is 11.9 Å². The predicted octanol–water partition coefficient (Wildman–Crippen LogP) is 1.80. The summed E-state index contributed by atoms with van der Waals surface area (Å²) >= 11 is 0. The molecule has 0 spiro atoms. The molecule has 5 heteroatoms. The molecule has 20 heavy (non-hydrogen) atoms. The van der Waals surface area contributed by atoms with Crippen LogP contribution in [0.4, 0.5) is 4.79 Å². The van der Waals surface area contributed by atoms with Gasteiger partial charge in [-0.05, 0) is 26.3 Å². The number of aryl methyl sites for hydroxylation is 1. The number of rotatable bonds is 5. The Bertz CT molecular complexity index is 512. The molecule has 0 saturated carbocycles. The zero-order chi connectivity index (χ0) is 14.8. The van der Waals surface area contributed by atoms with Crippen LogP contribution in [0.2, 0.25) is 0 Å². The van der Waals surface area contributed by atoms with Crippen LogP contribution in [-0.4, -0.2) is 36.6 Å². The second kappa shape index (κ2) is 5.63. The van der Waals surface area contributed by atoms with Crippen molar-refractivity contribution in [2.24, 2.45) is 0 Å². The highest BCUT2D eigenvalue weighted by Crippen LogP contribution is 2.28. The number of hydrogen-bond donors (Lipinski definition) is 1. The number of urea groups is 1. The first-order valence-corrected chi connectivity index (χ1v) is 6.78. The summed E-state index contributed by atoms with van der Waals surface area (Å²) in [5, 5.41) is 2.77.